The first kappa shape index (κ1) is 12.0. The number of benzene rings is 1. The third-order valence-electron chi connectivity index (χ3n) is 2.71. The predicted octanol–water partition coefficient (Wildman–Crippen LogP) is 3.08. The van der Waals surface area contributed by atoms with Crippen molar-refractivity contribution in [1.82, 2.24) is 9.97 Å². The average molecular weight is 275 g/mol. The zero-order valence-electron chi connectivity index (χ0n) is 9.84. The van der Waals surface area contributed by atoms with E-state index in [0.717, 1.165) is 10.2 Å². The normalized spacial score (nSPS) is 10.8. The van der Waals surface area contributed by atoms with E-state index in [1.54, 1.807) is 12.1 Å². The molecule has 96 valence electrons. The SMILES string of the molecule is NCc1c(F)cccc1Oc1ncnc2sccc12. The lowest BCUT2D eigenvalue weighted by atomic mass is 10.2. The summed E-state index contributed by atoms with van der Waals surface area (Å²) in [7, 11) is 0. The molecule has 2 heterocycles. The van der Waals surface area contributed by atoms with Crippen LogP contribution in [0.25, 0.3) is 10.2 Å². The Bertz CT molecular complexity index is 729. The zero-order valence-corrected chi connectivity index (χ0v) is 10.7. The van der Waals surface area contributed by atoms with E-state index < -0.39 is 0 Å². The molecule has 3 rings (SSSR count). The third-order valence-corrected chi connectivity index (χ3v) is 3.53. The highest BCUT2D eigenvalue weighted by molar-refractivity contribution is 7.16. The molecule has 0 aliphatic heterocycles. The van der Waals surface area contributed by atoms with Crippen molar-refractivity contribution in [3.05, 3.63) is 47.4 Å². The van der Waals surface area contributed by atoms with E-state index in [1.807, 2.05) is 11.4 Å². The maximum absolute atomic E-state index is 13.6. The summed E-state index contributed by atoms with van der Waals surface area (Å²) < 4.78 is 19.3. The van der Waals surface area contributed by atoms with Crippen LogP contribution in [0.15, 0.2) is 36.0 Å². The molecule has 1 aromatic carbocycles. The fraction of sp³-hybridized carbons (Fsp3) is 0.0769. The van der Waals surface area contributed by atoms with Crippen LogP contribution in [-0.4, -0.2) is 9.97 Å². The maximum Gasteiger partial charge on any atom is 0.231 e. The molecule has 0 amide bonds. The Morgan fingerprint density at radius 2 is 2.16 bits per heavy atom. The molecule has 6 heteroatoms. The summed E-state index contributed by atoms with van der Waals surface area (Å²) in [6.07, 6.45) is 1.43. The van der Waals surface area contributed by atoms with E-state index in [2.05, 4.69) is 9.97 Å². The molecule has 3 aromatic rings. The number of nitrogens with two attached hydrogens (primary N) is 1. The quantitative estimate of drug-likeness (QED) is 0.798. The molecule has 0 spiro atoms. The van der Waals surface area contributed by atoms with Crippen molar-refractivity contribution in [3.8, 4) is 11.6 Å². The van der Waals surface area contributed by atoms with Gasteiger partial charge in [-0.2, -0.15) is 0 Å². The number of thiophene rings is 1. The molecule has 0 aliphatic carbocycles. The standard InChI is InChI=1S/C13H10FN3OS/c14-10-2-1-3-11(9(10)6-15)18-12-8-4-5-19-13(8)17-7-16-12/h1-5,7H,6,15H2. The first-order chi connectivity index (χ1) is 9.29. The minimum atomic E-state index is -0.379. The van der Waals surface area contributed by atoms with Crippen LogP contribution >= 0.6 is 11.3 Å². The van der Waals surface area contributed by atoms with Gasteiger partial charge in [-0.15, -0.1) is 11.3 Å². The fourth-order valence-corrected chi connectivity index (χ4v) is 2.51. The highest BCUT2D eigenvalue weighted by Crippen LogP contribution is 2.31. The second-order valence-corrected chi connectivity index (χ2v) is 4.74. The van der Waals surface area contributed by atoms with Crippen molar-refractivity contribution in [2.24, 2.45) is 5.73 Å². The zero-order chi connectivity index (χ0) is 13.2. The van der Waals surface area contributed by atoms with Crippen molar-refractivity contribution >= 4 is 21.6 Å². The van der Waals surface area contributed by atoms with Gasteiger partial charge in [-0.05, 0) is 23.6 Å². The van der Waals surface area contributed by atoms with Gasteiger partial charge < -0.3 is 10.5 Å². The van der Waals surface area contributed by atoms with Gasteiger partial charge in [0.15, 0.2) is 0 Å². The van der Waals surface area contributed by atoms with Crippen LogP contribution in [0.5, 0.6) is 11.6 Å². The Morgan fingerprint density at radius 1 is 1.26 bits per heavy atom. The molecule has 0 bridgehead atoms. The van der Waals surface area contributed by atoms with Crippen LogP contribution in [0.1, 0.15) is 5.56 Å². The van der Waals surface area contributed by atoms with E-state index in [0.29, 0.717) is 17.2 Å². The largest absolute Gasteiger partial charge is 0.438 e. The molecular weight excluding hydrogens is 265 g/mol. The van der Waals surface area contributed by atoms with Gasteiger partial charge in [-0.25, -0.2) is 14.4 Å². The van der Waals surface area contributed by atoms with Gasteiger partial charge in [-0.1, -0.05) is 6.07 Å². The number of aromatic nitrogens is 2. The van der Waals surface area contributed by atoms with Crippen molar-refractivity contribution in [2.75, 3.05) is 0 Å². The van der Waals surface area contributed by atoms with Gasteiger partial charge in [-0.3, -0.25) is 0 Å². The fourth-order valence-electron chi connectivity index (χ4n) is 1.79. The van der Waals surface area contributed by atoms with E-state index in [1.165, 1.54) is 23.7 Å². The molecular formula is C13H10FN3OS. The van der Waals surface area contributed by atoms with E-state index >= 15 is 0 Å². The Labute approximate surface area is 112 Å². The number of hydrogen-bond donors (Lipinski definition) is 1. The van der Waals surface area contributed by atoms with Gasteiger partial charge in [0.25, 0.3) is 0 Å². The van der Waals surface area contributed by atoms with Crippen LogP contribution in [0, 0.1) is 5.82 Å². The van der Waals surface area contributed by atoms with E-state index in [9.17, 15) is 4.39 Å². The summed E-state index contributed by atoms with van der Waals surface area (Å²) in [6, 6.07) is 6.48. The molecule has 0 saturated heterocycles. The number of fused-ring (bicyclic) bond motifs is 1. The topological polar surface area (TPSA) is 61.0 Å². The summed E-state index contributed by atoms with van der Waals surface area (Å²) in [6.45, 7) is 0.0693. The second-order valence-electron chi connectivity index (χ2n) is 3.84. The number of halogens is 1. The lowest BCUT2D eigenvalue weighted by Crippen LogP contribution is -2.03. The van der Waals surface area contributed by atoms with Crippen LogP contribution in [0.3, 0.4) is 0 Å². The molecule has 4 nitrogen and oxygen atoms in total. The average Bonchev–Trinajstić information content (AvgIpc) is 2.88. The van der Waals surface area contributed by atoms with Crippen LogP contribution in [-0.2, 0) is 6.54 Å². The Hall–Kier alpha value is -2.05. The van der Waals surface area contributed by atoms with Crippen LogP contribution in [0.4, 0.5) is 4.39 Å². The maximum atomic E-state index is 13.6. The summed E-state index contributed by atoms with van der Waals surface area (Å²) >= 11 is 1.50. The molecule has 0 radical (unpaired) electrons. The molecule has 0 aliphatic rings. The van der Waals surface area contributed by atoms with Crippen molar-refractivity contribution in [1.29, 1.82) is 0 Å². The predicted molar refractivity (Wildman–Crippen MR) is 71.8 cm³/mol. The van der Waals surface area contributed by atoms with Gasteiger partial charge in [0, 0.05) is 12.1 Å². The summed E-state index contributed by atoms with van der Waals surface area (Å²) in [4.78, 5) is 9.05. The number of hydrogen-bond acceptors (Lipinski definition) is 5. The summed E-state index contributed by atoms with van der Waals surface area (Å²) in [5.41, 5.74) is 5.88. The van der Waals surface area contributed by atoms with Gasteiger partial charge in [0.2, 0.25) is 5.88 Å². The summed E-state index contributed by atoms with van der Waals surface area (Å²) in [5.74, 6) is 0.413. The molecule has 0 fully saturated rings. The second kappa shape index (κ2) is 4.91. The first-order valence-corrected chi connectivity index (χ1v) is 6.51. The minimum absolute atomic E-state index is 0.0693. The van der Waals surface area contributed by atoms with Crippen LogP contribution < -0.4 is 10.5 Å². The van der Waals surface area contributed by atoms with Gasteiger partial charge in [0.05, 0.1) is 5.39 Å². The molecule has 2 N–H and O–H groups in total. The van der Waals surface area contributed by atoms with Crippen molar-refractivity contribution in [2.45, 2.75) is 6.54 Å². The lowest BCUT2D eigenvalue weighted by Gasteiger charge is -2.10. The third kappa shape index (κ3) is 2.16. The number of rotatable bonds is 3. The molecule has 19 heavy (non-hydrogen) atoms. The van der Waals surface area contributed by atoms with E-state index in [-0.39, 0.29) is 12.4 Å². The van der Waals surface area contributed by atoms with Gasteiger partial charge >= 0.3 is 0 Å². The smallest absolute Gasteiger partial charge is 0.231 e. The monoisotopic (exact) mass is 275 g/mol. The van der Waals surface area contributed by atoms with Crippen molar-refractivity contribution < 1.29 is 9.13 Å². The number of nitrogens with zero attached hydrogens (tertiary/aromatic N) is 2. The molecule has 0 unspecified atom stereocenters. The Balaban J connectivity index is 2.06. The highest BCUT2D eigenvalue weighted by Gasteiger charge is 2.12. The lowest BCUT2D eigenvalue weighted by molar-refractivity contribution is 0.455. The number of ether oxygens (including phenoxy) is 1. The first-order valence-electron chi connectivity index (χ1n) is 5.63. The van der Waals surface area contributed by atoms with Crippen LogP contribution in [0.2, 0.25) is 0 Å². The minimum Gasteiger partial charge on any atom is -0.438 e. The Kier molecular flexibility index (Phi) is 3.10. The van der Waals surface area contributed by atoms with E-state index in [4.69, 9.17) is 10.5 Å². The van der Waals surface area contributed by atoms with Crippen molar-refractivity contribution in [3.63, 3.8) is 0 Å². The Morgan fingerprint density at radius 3 is 3.00 bits per heavy atom. The molecule has 0 atom stereocenters. The summed E-state index contributed by atoms with van der Waals surface area (Å²) in [5, 5.41) is 2.71. The van der Waals surface area contributed by atoms with Gasteiger partial charge in [0.1, 0.15) is 22.7 Å². The molecule has 0 saturated carbocycles. The molecule has 2 aromatic heterocycles. The highest BCUT2D eigenvalue weighted by atomic mass is 32.1.